The predicted molar refractivity (Wildman–Crippen MR) is 469 cm³/mol. The quantitative estimate of drug-likeness (QED) is 0.0106. The van der Waals surface area contributed by atoms with Crippen LogP contribution in [0.15, 0.2) is 158 Å². The minimum Gasteiger partial charge on any atom is -0.490 e. The van der Waals surface area contributed by atoms with Gasteiger partial charge in [0.2, 0.25) is 0 Å². The van der Waals surface area contributed by atoms with Gasteiger partial charge in [-0.15, -0.1) is 0 Å². The minimum absolute atomic E-state index is 0.000782. The maximum Gasteiger partial charge on any atom is 0.411 e. The van der Waals surface area contributed by atoms with Crippen molar-refractivity contribution in [2.45, 2.75) is 244 Å². The number of anilines is 6. The van der Waals surface area contributed by atoms with Gasteiger partial charge in [-0.3, -0.25) is 42.0 Å². The highest BCUT2D eigenvalue weighted by Gasteiger charge is 2.24. The first kappa shape index (κ1) is 95.3. The molecule has 0 saturated carbocycles. The van der Waals surface area contributed by atoms with Gasteiger partial charge in [0, 0.05) is 34.1 Å². The molecule has 6 atom stereocenters. The second-order valence-corrected chi connectivity index (χ2v) is 33.0. The number of nitrogens with one attached hydrogen (secondary N) is 6. The van der Waals surface area contributed by atoms with Crippen LogP contribution >= 0.6 is 0 Å². The first-order valence-electron chi connectivity index (χ1n) is 42.6. The molecule has 646 valence electrons. The molecule has 6 amide bonds. The molecule has 24 heteroatoms. The van der Waals surface area contributed by atoms with Crippen LogP contribution in [0, 0.1) is 57.5 Å². The zero-order valence-electron chi connectivity index (χ0n) is 71.6. The van der Waals surface area contributed by atoms with Crippen molar-refractivity contribution in [1.29, 1.82) is 0 Å². The standard InChI is InChI=1S/C95H129N7O17/c1-66(2)17-11-19-68(5)21-13-23-70(7)25-15-27-72(9)53-55-112-88-57-80(87(102(110)111)58-89(88)113-56-54-73(10)28-16-26-71(8)24-14-22-69(6)20-12-18-67(3)4)65-119-95(109)101-86-51-39-79(40-52-86)64-118-94(108)100-85-49-37-78(38-50-85)63-117-93(107)99-84-47-35-77(36-48-84)62-116-92(106)98-83-45-33-76(34-46-83)61-115-91(105)97-82-43-31-75(32-44-82)60-114-90(104)96-81-41-29-74(59-103)30-42-81/h29-52,57-58,66-73,103H,11-28,53-56,59-65H2,1-10H3,(H,96,104)(H,97,105)(H,98,106)(H,99,107)(H,100,108)(H,101,109)/t68-,69-,70-,71-,72?,73?/m1/s1. The van der Waals surface area contributed by atoms with Gasteiger partial charge in [-0.1, -0.05) is 258 Å². The molecule has 2 unspecified atom stereocenters. The van der Waals surface area contributed by atoms with E-state index in [0.29, 0.717) is 116 Å². The average molecular weight is 1640 g/mol. The molecule has 0 heterocycles. The van der Waals surface area contributed by atoms with Crippen LogP contribution in [-0.2, 0) is 74.7 Å². The smallest absolute Gasteiger partial charge is 0.411 e. The van der Waals surface area contributed by atoms with E-state index in [9.17, 15) is 44.0 Å². The molecule has 0 saturated heterocycles. The van der Waals surface area contributed by atoms with Gasteiger partial charge < -0.3 is 43.0 Å². The summed E-state index contributed by atoms with van der Waals surface area (Å²) in [6.45, 7) is 23.3. The largest absolute Gasteiger partial charge is 0.490 e. The second-order valence-electron chi connectivity index (χ2n) is 33.0. The Morgan fingerprint density at radius 1 is 0.303 bits per heavy atom. The number of nitrogens with zero attached hydrogens (tertiary/aromatic N) is 1. The number of amides is 6. The molecule has 0 fully saturated rings. The van der Waals surface area contributed by atoms with Crippen LogP contribution in [0.1, 0.15) is 237 Å². The van der Waals surface area contributed by atoms with Crippen molar-refractivity contribution in [2.24, 2.45) is 47.3 Å². The Morgan fingerprint density at radius 2 is 0.513 bits per heavy atom. The normalized spacial score (nSPS) is 12.7. The van der Waals surface area contributed by atoms with E-state index in [1.54, 1.807) is 152 Å². The van der Waals surface area contributed by atoms with E-state index in [-0.39, 0.29) is 50.9 Å². The van der Waals surface area contributed by atoms with E-state index in [1.165, 1.54) is 96.0 Å². The SMILES string of the molecule is CC(C)CCC[C@@H](C)CCC[C@@H](C)CCCC(C)CCOc1cc(COC(=O)Nc2ccc(COC(=O)Nc3ccc(COC(=O)Nc4ccc(COC(=O)Nc5ccc(COC(=O)Nc6ccc(COC(=O)Nc7ccc(CO)cc7)cc6)cc5)cc4)cc3)cc2)c([N+](=O)[O-])cc1OCCC(C)CCC[C@H](C)CCC[C@H](C)CCCC(C)C. The van der Waals surface area contributed by atoms with Crippen LogP contribution in [0.5, 0.6) is 11.5 Å². The van der Waals surface area contributed by atoms with Crippen LogP contribution in [0.2, 0.25) is 0 Å². The molecule has 7 aromatic carbocycles. The highest BCUT2D eigenvalue weighted by Crippen LogP contribution is 2.37. The third-order valence-corrected chi connectivity index (χ3v) is 21.2. The van der Waals surface area contributed by atoms with Crippen molar-refractivity contribution < 1.29 is 76.7 Å². The molecule has 24 nitrogen and oxygen atoms in total. The molecule has 0 bridgehead atoms. The third-order valence-electron chi connectivity index (χ3n) is 21.2. The lowest BCUT2D eigenvalue weighted by atomic mass is 9.91. The van der Waals surface area contributed by atoms with Gasteiger partial charge in [-0.05, 0) is 172 Å². The summed E-state index contributed by atoms with van der Waals surface area (Å²) in [7, 11) is 0. The van der Waals surface area contributed by atoms with E-state index in [4.69, 9.17) is 37.9 Å². The van der Waals surface area contributed by atoms with Crippen molar-refractivity contribution in [3.05, 3.63) is 207 Å². The molecule has 119 heavy (non-hydrogen) atoms. The number of benzene rings is 7. The zero-order valence-corrected chi connectivity index (χ0v) is 71.6. The van der Waals surface area contributed by atoms with E-state index >= 15 is 0 Å². The van der Waals surface area contributed by atoms with Gasteiger partial charge in [0.25, 0.3) is 5.69 Å². The van der Waals surface area contributed by atoms with E-state index in [0.717, 1.165) is 62.2 Å². The fourth-order valence-corrected chi connectivity index (χ4v) is 13.6. The first-order chi connectivity index (χ1) is 57.3. The first-order valence-corrected chi connectivity index (χ1v) is 42.6. The lowest BCUT2D eigenvalue weighted by molar-refractivity contribution is -0.385. The van der Waals surface area contributed by atoms with Crippen LogP contribution < -0.4 is 41.4 Å². The molecular weight excluding hydrogens is 1510 g/mol. The number of hydrogen-bond donors (Lipinski definition) is 7. The summed E-state index contributed by atoms with van der Waals surface area (Å²) in [5.74, 6) is 5.98. The molecular formula is C95H129N7O17. The van der Waals surface area contributed by atoms with Crippen molar-refractivity contribution in [3.63, 3.8) is 0 Å². The number of nitro benzene ring substituents is 1. The number of nitro groups is 1. The van der Waals surface area contributed by atoms with E-state index in [1.807, 2.05) is 0 Å². The Morgan fingerprint density at radius 3 is 0.739 bits per heavy atom. The summed E-state index contributed by atoms with van der Waals surface area (Å²) in [5.41, 5.74) is 6.60. The fraction of sp³-hybridized carbons (Fsp3) is 0.495. The Balaban J connectivity index is 0.773. The Labute approximate surface area is 704 Å². The fourth-order valence-electron chi connectivity index (χ4n) is 13.6. The van der Waals surface area contributed by atoms with Gasteiger partial charge in [-0.2, -0.15) is 0 Å². The van der Waals surface area contributed by atoms with Crippen molar-refractivity contribution in [1.82, 2.24) is 0 Å². The van der Waals surface area contributed by atoms with Gasteiger partial charge >= 0.3 is 36.6 Å². The molecule has 7 rings (SSSR count). The number of carbonyl (C=O) groups excluding carboxylic acids is 6. The van der Waals surface area contributed by atoms with Crippen molar-refractivity contribution >= 4 is 76.4 Å². The molecule has 7 N–H and O–H groups in total. The second kappa shape index (κ2) is 52.8. The van der Waals surface area contributed by atoms with Gasteiger partial charge in [-0.25, -0.2) is 28.8 Å². The number of carbonyl (C=O) groups is 6. The lowest BCUT2D eigenvalue weighted by Crippen LogP contribution is -2.15. The van der Waals surface area contributed by atoms with E-state index < -0.39 is 48.1 Å². The number of hydrogen-bond acceptors (Lipinski definition) is 17. The molecule has 0 aliphatic heterocycles. The summed E-state index contributed by atoms with van der Waals surface area (Å²) in [5, 5.41) is 37.8. The summed E-state index contributed by atoms with van der Waals surface area (Å²) in [6, 6.07) is 42.8. The topological polar surface area (TPSA) is 312 Å². The molecule has 0 aliphatic rings. The molecule has 0 radical (unpaired) electrons. The van der Waals surface area contributed by atoms with Crippen LogP contribution in [0.25, 0.3) is 0 Å². The average Bonchev–Trinajstić information content (AvgIpc) is 0.813. The van der Waals surface area contributed by atoms with E-state index in [2.05, 4.69) is 101 Å². The minimum atomic E-state index is -0.830. The molecule has 0 aliphatic carbocycles. The Bertz CT molecular complexity index is 4160. The molecule has 0 spiro atoms. The van der Waals surface area contributed by atoms with Crippen molar-refractivity contribution in [2.75, 3.05) is 45.1 Å². The summed E-state index contributed by atoms with van der Waals surface area (Å²) >= 11 is 0. The highest BCUT2D eigenvalue weighted by molar-refractivity contribution is 5.88. The third kappa shape index (κ3) is 39.5. The summed E-state index contributed by atoms with van der Waals surface area (Å²) < 4.78 is 45.3. The Hall–Kier alpha value is -10.9. The number of rotatable bonds is 52. The monoisotopic (exact) mass is 1640 g/mol. The van der Waals surface area contributed by atoms with Gasteiger partial charge in [0.15, 0.2) is 11.5 Å². The summed E-state index contributed by atoms with van der Waals surface area (Å²) in [4.78, 5) is 88.3. The van der Waals surface area contributed by atoms with Crippen molar-refractivity contribution in [3.8, 4) is 11.5 Å². The maximum absolute atomic E-state index is 13.3. The van der Waals surface area contributed by atoms with Crippen LogP contribution in [0.3, 0.4) is 0 Å². The zero-order chi connectivity index (χ0) is 85.7. The number of aliphatic hydroxyl groups is 1. The lowest BCUT2D eigenvalue weighted by Gasteiger charge is -2.18. The maximum atomic E-state index is 13.3. The summed E-state index contributed by atoms with van der Waals surface area (Å²) in [6.07, 6.45) is 19.8. The van der Waals surface area contributed by atoms with Crippen LogP contribution in [-0.4, -0.2) is 59.8 Å². The number of aliphatic hydroxyl groups excluding tert-OH is 1. The molecule has 0 aromatic heterocycles. The predicted octanol–water partition coefficient (Wildman–Crippen LogP) is 25.3. The van der Waals surface area contributed by atoms with Gasteiger partial charge in [0.1, 0.15) is 39.6 Å². The Kier molecular flexibility index (Phi) is 42.3. The molecule has 7 aromatic rings. The highest BCUT2D eigenvalue weighted by atomic mass is 16.6. The van der Waals surface area contributed by atoms with Gasteiger partial charge in [0.05, 0.1) is 36.4 Å². The van der Waals surface area contributed by atoms with Crippen LogP contribution in [0.4, 0.5) is 68.6 Å². The number of ether oxygens (including phenoxy) is 8.